The first-order valence-electron chi connectivity index (χ1n) is 6.19. The topological polar surface area (TPSA) is 59.8 Å². The summed E-state index contributed by atoms with van der Waals surface area (Å²) in [5.41, 5.74) is 0.947. The number of hydrogen-bond donors (Lipinski definition) is 1. The molecule has 106 valence electrons. The first kappa shape index (κ1) is 14.0. The van der Waals surface area contributed by atoms with Crippen molar-refractivity contribution in [2.24, 2.45) is 0 Å². The number of imidazole rings is 1. The maximum absolute atomic E-state index is 11.9. The Morgan fingerprint density at radius 1 is 1.33 bits per heavy atom. The van der Waals surface area contributed by atoms with E-state index in [0.717, 1.165) is 15.2 Å². The monoisotopic (exact) mass is 362 g/mol. The summed E-state index contributed by atoms with van der Waals surface area (Å²) in [6.07, 6.45) is 6.98. The zero-order valence-corrected chi connectivity index (χ0v) is 13.3. The van der Waals surface area contributed by atoms with Crippen molar-refractivity contribution in [3.63, 3.8) is 0 Å². The third-order valence-corrected chi connectivity index (χ3v) is 4.45. The fourth-order valence-electron chi connectivity index (χ4n) is 1.77. The summed E-state index contributed by atoms with van der Waals surface area (Å²) >= 11 is 4.75. The lowest BCUT2D eigenvalue weighted by atomic mass is 10.2. The highest BCUT2D eigenvalue weighted by Gasteiger charge is 2.08. The quantitative estimate of drug-likeness (QED) is 0.775. The van der Waals surface area contributed by atoms with Gasteiger partial charge in [-0.05, 0) is 39.7 Å². The van der Waals surface area contributed by atoms with E-state index in [4.69, 9.17) is 0 Å². The van der Waals surface area contributed by atoms with Crippen molar-refractivity contribution in [2.75, 3.05) is 0 Å². The Hall–Kier alpha value is -1.99. The number of carbonyl (C=O) groups excluding carboxylic acids is 1. The second-order valence-electron chi connectivity index (χ2n) is 4.28. The molecule has 0 bridgehead atoms. The molecule has 3 heterocycles. The molecule has 0 radical (unpaired) electrons. The molecule has 21 heavy (non-hydrogen) atoms. The summed E-state index contributed by atoms with van der Waals surface area (Å²) in [6.45, 7) is 0.450. The highest BCUT2D eigenvalue weighted by molar-refractivity contribution is 9.11. The zero-order valence-electron chi connectivity index (χ0n) is 10.9. The second-order valence-corrected chi connectivity index (χ2v) is 6.74. The molecular formula is C14H11BrN4OS. The molecule has 0 aromatic carbocycles. The van der Waals surface area contributed by atoms with Crippen molar-refractivity contribution in [1.82, 2.24) is 19.9 Å². The van der Waals surface area contributed by atoms with Crippen LogP contribution in [0.3, 0.4) is 0 Å². The molecule has 0 fully saturated rings. The van der Waals surface area contributed by atoms with Crippen LogP contribution in [0.25, 0.3) is 5.82 Å². The van der Waals surface area contributed by atoms with Crippen LogP contribution < -0.4 is 5.32 Å². The number of rotatable bonds is 4. The van der Waals surface area contributed by atoms with E-state index in [1.54, 1.807) is 24.8 Å². The molecule has 3 rings (SSSR count). The number of pyridine rings is 1. The van der Waals surface area contributed by atoms with Gasteiger partial charge in [-0.3, -0.25) is 9.36 Å². The number of amides is 1. The van der Waals surface area contributed by atoms with Gasteiger partial charge in [0.1, 0.15) is 12.1 Å². The van der Waals surface area contributed by atoms with Crippen molar-refractivity contribution in [2.45, 2.75) is 6.54 Å². The minimum Gasteiger partial charge on any atom is -0.347 e. The number of halogens is 1. The second kappa shape index (κ2) is 6.19. The van der Waals surface area contributed by atoms with Crippen LogP contribution in [0, 0.1) is 0 Å². The lowest BCUT2D eigenvalue weighted by Gasteiger charge is -2.05. The van der Waals surface area contributed by atoms with E-state index in [1.165, 1.54) is 11.3 Å². The minimum absolute atomic E-state index is 0.0793. The third-order valence-electron chi connectivity index (χ3n) is 2.83. The molecule has 1 N–H and O–H groups in total. The van der Waals surface area contributed by atoms with E-state index < -0.39 is 0 Å². The van der Waals surface area contributed by atoms with Gasteiger partial charge < -0.3 is 5.32 Å². The van der Waals surface area contributed by atoms with Gasteiger partial charge in [-0.25, -0.2) is 9.97 Å². The number of hydrogen-bond acceptors (Lipinski definition) is 4. The predicted octanol–water partition coefficient (Wildman–Crippen LogP) is 3.02. The Balaban J connectivity index is 1.62. The Morgan fingerprint density at radius 2 is 2.24 bits per heavy atom. The molecule has 7 heteroatoms. The van der Waals surface area contributed by atoms with Crippen molar-refractivity contribution >= 4 is 33.2 Å². The first-order chi connectivity index (χ1) is 10.2. The summed E-state index contributed by atoms with van der Waals surface area (Å²) < 4.78 is 2.77. The van der Waals surface area contributed by atoms with Crippen LogP contribution in [0.15, 0.2) is 53.0 Å². The average Bonchev–Trinajstić information content (AvgIpc) is 3.16. The van der Waals surface area contributed by atoms with E-state index in [2.05, 4.69) is 31.2 Å². The lowest BCUT2D eigenvalue weighted by molar-refractivity contribution is 0.0955. The van der Waals surface area contributed by atoms with Crippen molar-refractivity contribution in [1.29, 1.82) is 0 Å². The third kappa shape index (κ3) is 3.37. The SMILES string of the molecule is O=C(NCc1ccc(-n2ccnc2)nc1)c1ccc(Br)s1. The molecule has 0 saturated heterocycles. The van der Waals surface area contributed by atoms with Crippen LogP contribution in [0.4, 0.5) is 0 Å². The molecule has 0 atom stereocenters. The Kier molecular flexibility index (Phi) is 4.12. The Labute approximate surface area is 133 Å². The molecule has 0 spiro atoms. The van der Waals surface area contributed by atoms with Gasteiger partial charge in [0, 0.05) is 25.1 Å². The average molecular weight is 363 g/mol. The van der Waals surface area contributed by atoms with Crippen LogP contribution in [0.2, 0.25) is 0 Å². The Bertz CT molecular complexity index is 737. The minimum atomic E-state index is -0.0793. The molecule has 0 saturated carbocycles. The summed E-state index contributed by atoms with van der Waals surface area (Å²) in [5, 5.41) is 2.87. The molecule has 0 aliphatic rings. The molecule has 0 unspecified atom stereocenters. The van der Waals surface area contributed by atoms with Gasteiger partial charge in [0.15, 0.2) is 0 Å². The standard InChI is InChI=1S/C14H11BrN4OS/c15-12-3-2-11(21-12)14(20)18-8-10-1-4-13(17-7-10)19-6-5-16-9-19/h1-7,9H,8H2,(H,18,20). The molecule has 0 aliphatic heterocycles. The van der Waals surface area contributed by atoms with Gasteiger partial charge in [0.25, 0.3) is 5.91 Å². The molecule has 1 amide bonds. The van der Waals surface area contributed by atoms with Crippen LogP contribution in [0.5, 0.6) is 0 Å². The highest BCUT2D eigenvalue weighted by atomic mass is 79.9. The summed E-state index contributed by atoms with van der Waals surface area (Å²) in [6, 6.07) is 7.49. The van der Waals surface area contributed by atoms with Crippen LogP contribution in [-0.4, -0.2) is 20.4 Å². The molecule has 5 nitrogen and oxygen atoms in total. The number of aromatic nitrogens is 3. The summed E-state index contributed by atoms with van der Waals surface area (Å²) in [7, 11) is 0. The summed E-state index contributed by atoms with van der Waals surface area (Å²) in [5.74, 6) is 0.717. The largest absolute Gasteiger partial charge is 0.347 e. The first-order valence-corrected chi connectivity index (χ1v) is 7.80. The fraction of sp³-hybridized carbons (Fsp3) is 0.0714. The normalized spacial score (nSPS) is 10.5. The molecular weight excluding hydrogens is 352 g/mol. The molecule has 3 aromatic rings. The van der Waals surface area contributed by atoms with E-state index in [1.807, 2.05) is 29.0 Å². The maximum atomic E-state index is 11.9. The highest BCUT2D eigenvalue weighted by Crippen LogP contribution is 2.21. The fourth-order valence-corrected chi connectivity index (χ4v) is 3.08. The number of carbonyl (C=O) groups is 1. The maximum Gasteiger partial charge on any atom is 0.261 e. The Morgan fingerprint density at radius 3 is 2.86 bits per heavy atom. The van der Waals surface area contributed by atoms with Crippen LogP contribution in [0.1, 0.15) is 15.2 Å². The van der Waals surface area contributed by atoms with Gasteiger partial charge >= 0.3 is 0 Å². The van der Waals surface area contributed by atoms with Gasteiger partial charge in [-0.1, -0.05) is 6.07 Å². The van der Waals surface area contributed by atoms with E-state index in [-0.39, 0.29) is 5.91 Å². The van der Waals surface area contributed by atoms with Crippen molar-refractivity contribution < 1.29 is 4.79 Å². The molecule has 0 aliphatic carbocycles. The number of nitrogens with zero attached hydrogens (tertiary/aromatic N) is 3. The zero-order chi connectivity index (χ0) is 14.7. The van der Waals surface area contributed by atoms with Gasteiger partial charge in [-0.15, -0.1) is 11.3 Å². The van der Waals surface area contributed by atoms with E-state index in [0.29, 0.717) is 11.4 Å². The van der Waals surface area contributed by atoms with E-state index >= 15 is 0 Å². The smallest absolute Gasteiger partial charge is 0.261 e. The molecule has 3 aromatic heterocycles. The van der Waals surface area contributed by atoms with E-state index in [9.17, 15) is 4.79 Å². The predicted molar refractivity (Wildman–Crippen MR) is 84.5 cm³/mol. The van der Waals surface area contributed by atoms with Gasteiger partial charge in [-0.2, -0.15) is 0 Å². The lowest BCUT2D eigenvalue weighted by Crippen LogP contribution is -2.21. The van der Waals surface area contributed by atoms with Crippen molar-refractivity contribution in [3.05, 3.63) is 63.4 Å². The number of nitrogens with one attached hydrogen (secondary N) is 1. The van der Waals surface area contributed by atoms with Crippen LogP contribution in [-0.2, 0) is 6.54 Å². The van der Waals surface area contributed by atoms with Gasteiger partial charge in [0.2, 0.25) is 0 Å². The number of thiophene rings is 1. The van der Waals surface area contributed by atoms with Crippen molar-refractivity contribution in [3.8, 4) is 5.82 Å². The summed E-state index contributed by atoms with van der Waals surface area (Å²) in [4.78, 5) is 20.9. The van der Waals surface area contributed by atoms with Gasteiger partial charge in [0.05, 0.1) is 8.66 Å². The van der Waals surface area contributed by atoms with Crippen LogP contribution >= 0.6 is 27.3 Å².